The number of nitrogens with zero attached hydrogens (tertiary/aromatic N) is 1. The van der Waals surface area contributed by atoms with Gasteiger partial charge in [0.2, 0.25) is 0 Å². The number of nitro benzene ring substituents is 1. The minimum atomic E-state index is -0.539. The average molecular weight is 293 g/mol. The van der Waals surface area contributed by atoms with Gasteiger partial charge >= 0.3 is 0 Å². The summed E-state index contributed by atoms with van der Waals surface area (Å²) in [4.78, 5) is 21.3. The number of nitro groups is 1. The Kier molecular flexibility index (Phi) is 4.23. The fourth-order valence-corrected chi connectivity index (χ4v) is 1.57. The lowest BCUT2D eigenvalue weighted by Gasteiger charge is -2.03. The molecule has 1 aromatic carbocycles. The largest absolute Gasteiger partial charge is 0.298 e. The zero-order chi connectivity index (χ0) is 11.4. The van der Waals surface area contributed by atoms with Crippen LogP contribution in [0.5, 0.6) is 0 Å². The Morgan fingerprint density at radius 1 is 1.53 bits per heavy atom. The number of halogens is 2. The maximum absolute atomic E-state index is 11.2. The molecule has 0 radical (unpaired) electrons. The standard InChI is InChI=1S/C9H7BrClNO3/c10-5-6(13)4-7-8(11)2-1-3-9(7)12(14)15/h1-3H,4-5H2. The topological polar surface area (TPSA) is 60.2 Å². The average Bonchev–Trinajstić information content (AvgIpc) is 2.20. The van der Waals surface area contributed by atoms with Crippen LogP contribution in [0, 0.1) is 10.1 Å². The Morgan fingerprint density at radius 2 is 2.20 bits per heavy atom. The number of Topliss-reactive ketones (excluding diaryl/α,β-unsaturated/α-hetero) is 1. The maximum Gasteiger partial charge on any atom is 0.274 e. The first-order valence-electron chi connectivity index (χ1n) is 4.05. The number of benzene rings is 1. The van der Waals surface area contributed by atoms with Crippen LogP contribution in [0.2, 0.25) is 5.02 Å². The van der Waals surface area contributed by atoms with Crippen LogP contribution in [0.1, 0.15) is 5.56 Å². The van der Waals surface area contributed by atoms with Gasteiger partial charge in [-0.05, 0) is 6.07 Å². The highest BCUT2D eigenvalue weighted by atomic mass is 79.9. The number of alkyl halides is 1. The molecule has 15 heavy (non-hydrogen) atoms. The molecule has 0 saturated carbocycles. The van der Waals surface area contributed by atoms with Crippen molar-refractivity contribution in [1.29, 1.82) is 0 Å². The van der Waals surface area contributed by atoms with E-state index in [1.54, 1.807) is 0 Å². The molecule has 0 aliphatic carbocycles. The molecule has 4 nitrogen and oxygen atoms in total. The quantitative estimate of drug-likeness (QED) is 0.487. The van der Waals surface area contributed by atoms with E-state index in [-0.39, 0.29) is 33.8 Å². The predicted octanol–water partition coefficient (Wildman–Crippen LogP) is 2.75. The normalized spacial score (nSPS) is 10.0. The van der Waals surface area contributed by atoms with Gasteiger partial charge in [-0.2, -0.15) is 0 Å². The zero-order valence-corrected chi connectivity index (χ0v) is 9.92. The highest BCUT2D eigenvalue weighted by Crippen LogP contribution is 2.26. The van der Waals surface area contributed by atoms with Gasteiger partial charge in [0, 0.05) is 12.5 Å². The van der Waals surface area contributed by atoms with Gasteiger partial charge in [-0.15, -0.1) is 0 Å². The van der Waals surface area contributed by atoms with E-state index in [2.05, 4.69) is 15.9 Å². The van der Waals surface area contributed by atoms with Crippen molar-refractivity contribution >= 4 is 39.0 Å². The summed E-state index contributed by atoms with van der Waals surface area (Å²) in [5, 5.41) is 11.1. The van der Waals surface area contributed by atoms with E-state index in [9.17, 15) is 14.9 Å². The molecule has 0 bridgehead atoms. The molecule has 0 heterocycles. The van der Waals surface area contributed by atoms with Crippen LogP contribution in [0.15, 0.2) is 18.2 Å². The molecule has 1 rings (SSSR count). The summed E-state index contributed by atoms with van der Waals surface area (Å²) >= 11 is 8.80. The number of hydrogen-bond acceptors (Lipinski definition) is 3. The molecule has 0 aliphatic rings. The van der Waals surface area contributed by atoms with E-state index in [1.807, 2.05) is 0 Å². The van der Waals surface area contributed by atoms with Crippen LogP contribution in [0.3, 0.4) is 0 Å². The number of ketones is 1. The SMILES string of the molecule is O=C(CBr)Cc1c(Cl)cccc1[N+](=O)[O-]. The molecule has 0 amide bonds. The van der Waals surface area contributed by atoms with Gasteiger partial charge < -0.3 is 0 Å². The van der Waals surface area contributed by atoms with Gasteiger partial charge in [0.05, 0.1) is 20.8 Å². The predicted molar refractivity (Wildman–Crippen MR) is 60.6 cm³/mol. The van der Waals surface area contributed by atoms with Gasteiger partial charge in [0.15, 0.2) is 0 Å². The van der Waals surface area contributed by atoms with Crippen molar-refractivity contribution in [3.8, 4) is 0 Å². The molecule has 0 unspecified atom stereocenters. The van der Waals surface area contributed by atoms with Crippen molar-refractivity contribution in [2.75, 3.05) is 5.33 Å². The molecule has 0 aromatic heterocycles. The van der Waals surface area contributed by atoms with E-state index < -0.39 is 4.92 Å². The third-order valence-corrected chi connectivity index (χ3v) is 2.79. The number of carbonyl (C=O) groups is 1. The first-order chi connectivity index (χ1) is 7.06. The lowest BCUT2D eigenvalue weighted by Crippen LogP contribution is -2.06. The molecular formula is C9H7BrClNO3. The van der Waals surface area contributed by atoms with Crippen molar-refractivity contribution in [2.24, 2.45) is 0 Å². The monoisotopic (exact) mass is 291 g/mol. The second-order valence-corrected chi connectivity index (χ2v) is 3.81. The van der Waals surface area contributed by atoms with Crippen molar-refractivity contribution < 1.29 is 9.72 Å². The van der Waals surface area contributed by atoms with Crippen molar-refractivity contribution in [1.82, 2.24) is 0 Å². The highest BCUT2D eigenvalue weighted by molar-refractivity contribution is 9.09. The molecular weight excluding hydrogens is 285 g/mol. The Balaban J connectivity index is 3.13. The summed E-state index contributed by atoms with van der Waals surface area (Å²) < 4.78 is 0. The minimum absolute atomic E-state index is 0.0266. The Labute approximate surface area is 99.5 Å². The van der Waals surface area contributed by atoms with Crippen LogP contribution < -0.4 is 0 Å². The number of carbonyl (C=O) groups excluding carboxylic acids is 1. The van der Waals surface area contributed by atoms with Crippen molar-refractivity contribution in [3.05, 3.63) is 38.9 Å². The molecule has 0 spiro atoms. The first-order valence-corrected chi connectivity index (χ1v) is 5.55. The molecule has 80 valence electrons. The summed E-state index contributed by atoms with van der Waals surface area (Å²) in [7, 11) is 0. The summed E-state index contributed by atoms with van der Waals surface area (Å²) in [5.41, 5.74) is 0.158. The van der Waals surface area contributed by atoms with E-state index >= 15 is 0 Å². The smallest absolute Gasteiger partial charge is 0.274 e. The number of hydrogen-bond donors (Lipinski definition) is 0. The second kappa shape index (κ2) is 5.23. The lowest BCUT2D eigenvalue weighted by atomic mass is 10.1. The van der Waals surface area contributed by atoms with E-state index in [0.29, 0.717) is 0 Å². The Morgan fingerprint density at radius 3 is 2.73 bits per heavy atom. The fraction of sp³-hybridized carbons (Fsp3) is 0.222. The molecule has 0 aliphatic heterocycles. The summed E-state index contributed by atoms with van der Waals surface area (Å²) in [5.74, 6) is -0.147. The van der Waals surface area contributed by atoms with Gasteiger partial charge in [-0.3, -0.25) is 14.9 Å². The van der Waals surface area contributed by atoms with Gasteiger partial charge in [-0.25, -0.2) is 0 Å². The highest BCUT2D eigenvalue weighted by Gasteiger charge is 2.18. The van der Waals surface area contributed by atoms with E-state index in [0.717, 1.165) is 0 Å². The molecule has 0 atom stereocenters. The third kappa shape index (κ3) is 3.00. The Hall–Kier alpha value is -0.940. The summed E-state index contributed by atoms with van der Waals surface area (Å²) in [6, 6.07) is 4.36. The third-order valence-electron chi connectivity index (χ3n) is 1.81. The van der Waals surface area contributed by atoms with Crippen LogP contribution in [-0.2, 0) is 11.2 Å². The molecule has 0 saturated heterocycles. The van der Waals surface area contributed by atoms with Crippen LogP contribution >= 0.6 is 27.5 Å². The van der Waals surface area contributed by atoms with Crippen LogP contribution in [-0.4, -0.2) is 16.0 Å². The van der Waals surface area contributed by atoms with Crippen molar-refractivity contribution in [3.63, 3.8) is 0 Å². The fourth-order valence-electron chi connectivity index (χ4n) is 1.14. The molecule has 6 heteroatoms. The summed E-state index contributed by atoms with van der Waals surface area (Å²) in [6.07, 6.45) is -0.0266. The number of rotatable bonds is 4. The van der Waals surface area contributed by atoms with E-state index in [1.165, 1.54) is 18.2 Å². The maximum atomic E-state index is 11.2. The first kappa shape index (κ1) is 12.1. The zero-order valence-electron chi connectivity index (χ0n) is 7.57. The Bertz CT molecular complexity index is 408. The molecule has 0 fully saturated rings. The van der Waals surface area contributed by atoms with Gasteiger partial charge in [0.1, 0.15) is 5.78 Å². The van der Waals surface area contributed by atoms with Gasteiger partial charge in [0.25, 0.3) is 5.69 Å². The van der Waals surface area contributed by atoms with Crippen molar-refractivity contribution in [2.45, 2.75) is 6.42 Å². The van der Waals surface area contributed by atoms with Crippen LogP contribution in [0.4, 0.5) is 5.69 Å². The van der Waals surface area contributed by atoms with Crippen LogP contribution in [0.25, 0.3) is 0 Å². The minimum Gasteiger partial charge on any atom is -0.298 e. The summed E-state index contributed by atoms with van der Waals surface area (Å²) in [6.45, 7) is 0. The van der Waals surface area contributed by atoms with Gasteiger partial charge in [-0.1, -0.05) is 33.6 Å². The molecule has 1 aromatic rings. The molecule has 0 N–H and O–H groups in total. The second-order valence-electron chi connectivity index (χ2n) is 2.84. The van der Waals surface area contributed by atoms with E-state index in [4.69, 9.17) is 11.6 Å². The lowest BCUT2D eigenvalue weighted by molar-refractivity contribution is -0.385.